The zero-order valence-electron chi connectivity index (χ0n) is 14.8. The number of benzene rings is 1. The molecule has 0 aliphatic heterocycles. The number of methoxy groups -OCH3 is 1. The van der Waals surface area contributed by atoms with Gasteiger partial charge in [-0.2, -0.15) is 0 Å². The molecule has 1 atom stereocenters. The lowest BCUT2D eigenvalue weighted by atomic mass is 9.97. The molecule has 1 rings (SSSR count). The van der Waals surface area contributed by atoms with Crippen LogP contribution in [0.3, 0.4) is 0 Å². The van der Waals surface area contributed by atoms with E-state index < -0.39 is 0 Å². The fourth-order valence-electron chi connectivity index (χ4n) is 2.44. The lowest BCUT2D eigenvalue weighted by molar-refractivity contribution is 0.135. The molecule has 0 fully saturated rings. The second kappa shape index (κ2) is 7.81. The first-order chi connectivity index (χ1) is 9.85. The summed E-state index contributed by atoms with van der Waals surface area (Å²) in [5, 5.41) is 3.61. The Bertz CT molecular complexity index is 443. The number of hydrogen-bond acceptors (Lipinski definition) is 3. The largest absolute Gasteiger partial charge is 0.496 e. The molecule has 0 radical (unpaired) electrons. The maximum Gasteiger partial charge on any atom is 0.123 e. The molecule has 3 nitrogen and oxygen atoms in total. The second-order valence-electron chi connectivity index (χ2n) is 6.40. The van der Waals surface area contributed by atoms with Gasteiger partial charge in [-0.25, -0.2) is 0 Å². The van der Waals surface area contributed by atoms with Crippen molar-refractivity contribution in [3.8, 4) is 5.75 Å². The van der Waals surface area contributed by atoms with Crippen LogP contribution >= 0.6 is 0 Å². The van der Waals surface area contributed by atoms with Crippen LogP contribution in [-0.4, -0.2) is 37.7 Å². The van der Waals surface area contributed by atoms with Gasteiger partial charge < -0.3 is 10.1 Å². The zero-order chi connectivity index (χ0) is 16.0. The van der Waals surface area contributed by atoms with Gasteiger partial charge in [0.05, 0.1) is 7.11 Å². The highest BCUT2D eigenvalue weighted by molar-refractivity contribution is 5.39. The number of ether oxygens (including phenoxy) is 1. The molecule has 1 aromatic carbocycles. The Hall–Kier alpha value is -1.06. The van der Waals surface area contributed by atoms with E-state index in [-0.39, 0.29) is 11.6 Å². The van der Waals surface area contributed by atoms with Crippen LogP contribution in [0.5, 0.6) is 5.75 Å². The van der Waals surface area contributed by atoms with Crippen LogP contribution in [0.25, 0.3) is 0 Å². The fraction of sp³-hybridized carbons (Fsp3) is 0.667. The topological polar surface area (TPSA) is 24.5 Å². The molecule has 0 aromatic heterocycles. The van der Waals surface area contributed by atoms with E-state index in [2.05, 4.69) is 70.1 Å². The summed E-state index contributed by atoms with van der Waals surface area (Å²) in [4.78, 5) is 2.43. The van der Waals surface area contributed by atoms with Gasteiger partial charge in [-0.05, 0) is 46.9 Å². The quantitative estimate of drug-likeness (QED) is 0.789. The number of rotatable bonds is 8. The van der Waals surface area contributed by atoms with E-state index in [1.165, 1.54) is 11.1 Å². The van der Waals surface area contributed by atoms with Crippen molar-refractivity contribution in [3.63, 3.8) is 0 Å². The monoisotopic (exact) mass is 292 g/mol. The smallest absolute Gasteiger partial charge is 0.123 e. The average Bonchev–Trinajstić information content (AvgIpc) is 2.46. The molecule has 21 heavy (non-hydrogen) atoms. The van der Waals surface area contributed by atoms with Crippen molar-refractivity contribution in [2.24, 2.45) is 0 Å². The number of nitrogens with one attached hydrogen (secondary N) is 1. The van der Waals surface area contributed by atoms with Crippen molar-refractivity contribution < 1.29 is 4.74 Å². The lowest BCUT2D eigenvalue weighted by Crippen LogP contribution is -2.45. The second-order valence-corrected chi connectivity index (χ2v) is 6.40. The Labute approximate surface area is 130 Å². The highest BCUT2D eigenvalue weighted by Gasteiger charge is 2.25. The molecule has 0 spiro atoms. The predicted molar refractivity (Wildman–Crippen MR) is 91.1 cm³/mol. The van der Waals surface area contributed by atoms with Gasteiger partial charge >= 0.3 is 0 Å². The minimum atomic E-state index is 0.199. The van der Waals surface area contributed by atoms with Crippen molar-refractivity contribution in [2.75, 3.05) is 27.2 Å². The van der Waals surface area contributed by atoms with Crippen LogP contribution < -0.4 is 10.1 Å². The first-order valence-corrected chi connectivity index (χ1v) is 7.94. The van der Waals surface area contributed by atoms with E-state index in [9.17, 15) is 0 Å². The molecule has 0 bridgehead atoms. The summed E-state index contributed by atoms with van der Waals surface area (Å²) in [6.45, 7) is 13.0. The van der Waals surface area contributed by atoms with Crippen molar-refractivity contribution in [1.82, 2.24) is 10.2 Å². The van der Waals surface area contributed by atoms with E-state index in [0.29, 0.717) is 0 Å². The number of nitrogens with zero attached hydrogens (tertiary/aromatic N) is 1. The molecule has 120 valence electrons. The molecule has 3 heteroatoms. The Balaban J connectivity index is 3.04. The minimum absolute atomic E-state index is 0.199. The SMILES string of the molecule is CCNC(CN(C)C(C)(C)CC)c1cc(C)ccc1OC. The standard InChI is InChI=1S/C18H32N2O/c1-8-18(4,5)20(6)13-16(19-9-2)15-12-14(3)10-11-17(15)21-7/h10-12,16,19H,8-9,13H2,1-7H3. The van der Waals surface area contributed by atoms with E-state index in [0.717, 1.165) is 25.3 Å². The minimum Gasteiger partial charge on any atom is -0.496 e. The number of hydrogen-bond donors (Lipinski definition) is 1. The van der Waals surface area contributed by atoms with Crippen molar-refractivity contribution >= 4 is 0 Å². The van der Waals surface area contributed by atoms with Crippen molar-refractivity contribution in [2.45, 2.75) is 52.6 Å². The molecule has 0 aliphatic rings. The molecule has 0 saturated carbocycles. The third-order valence-corrected chi connectivity index (χ3v) is 4.57. The number of likely N-dealkylation sites (N-methyl/N-ethyl adjacent to an activating group) is 2. The van der Waals surface area contributed by atoms with Gasteiger partial charge in [0.2, 0.25) is 0 Å². The van der Waals surface area contributed by atoms with Gasteiger partial charge in [-0.3, -0.25) is 4.90 Å². The van der Waals surface area contributed by atoms with Gasteiger partial charge in [0.25, 0.3) is 0 Å². The van der Waals surface area contributed by atoms with Crippen LogP contribution in [0.15, 0.2) is 18.2 Å². The molecule has 0 aliphatic carbocycles. The third-order valence-electron chi connectivity index (χ3n) is 4.57. The van der Waals surface area contributed by atoms with Gasteiger partial charge in [-0.1, -0.05) is 31.5 Å². The summed E-state index contributed by atoms with van der Waals surface area (Å²) in [6.07, 6.45) is 1.13. The first kappa shape index (κ1) is 18.0. The van der Waals surface area contributed by atoms with Gasteiger partial charge in [-0.15, -0.1) is 0 Å². The molecule has 0 amide bonds. The summed E-state index contributed by atoms with van der Waals surface area (Å²) >= 11 is 0. The van der Waals surface area contributed by atoms with E-state index >= 15 is 0 Å². The average molecular weight is 292 g/mol. The normalized spacial score (nSPS) is 13.5. The zero-order valence-corrected chi connectivity index (χ0v) is 14.8. The summed E-state index contributed by atoms with van der Waals surface area (Å²) in [6, 6.07) is 6.69. The fourth-order valence-corrected chi connectivity index (χ4v) is 2.44. The Kier molecular flexibility index (Phi) is 6.69. The summed E-state index contributed by atoms with van der Waals surface area (Å²) in [5.74, 6) is 0.967. The summed E-state index contributed by atoms with van der Waals surface area (Å²) in [7, 11) is 3.95. The molecule has 1 unspecified atom stereocenters. The lowest BCUT2D eigenvalue weighted by Gasteiger charge is -2.37. The van der Waals surface area contributed by atoms with Gasteiger partial charge in [0.1, 0.15) is 5.75 Å². The Morgan fingerprint density at radius 3 is 2.48 bits per heavy atom. The predicted octanol–water partition coefficient (Wildman–Crippen LogP) is 3.77. The summed E-state index contributed by atoms with van der Waals surface area (Å²) in [5.41, 5.74) is 2.72. The highest BCUT2D eigenvalue weighted by Crippen LogP contribution is 2.28. The number of aryl methyl sites for hydroxylation is 1. The molecule has 0 saturated heterocycles. The molecular formula is C18H32N2O. The van der Waals surface area contributed by atoms with E-state index in [1.54, 1.807) is 7.11 Å². The van der Waals surface area contributed by atoms with Crippen LogP contribution in [0.2, 0.25) is 0 Å². The van der Waals surface area contributed by atoms with Crippen LogP contribution in [-0.2, 0) is 0 Å². The highest BCUT2D eigenvalue weighted by atomic mass is 16.5. The first-order valence-electron chi connectivity index (χ1n) is 7.94. The van der Waals surface area contributed by atoms with Gasteiger partial charge in [0.15, 0.2) is 0 Å². The van der Waals surface area contributed by atoms with Crippen molar-refractivity contribution in [1.29, 1.82) is 0 Å². The van der Waals surface area contributed by atoms with Crippen LogP contribution in [0.4, 0.5) is 0 Å². The van der Waals surface area contributed by atoms with E-state index in [4.69, 9.17) is 4.74 Å². The summed E-state index contributed by atoms with van der Waals surface area (Å²) < 4.78 is 5.56. The van der Waals surface area contributed by atoms with E-state index in [1.807, 2.05) is 0 Å². The van der Waals surface area contributed by atoms with Gasteiger partial charge in [0, 0.05) is 23.7 Å². The molecular weight excluding hydrogens is 260 g/mol. The molecule has 1 aromatic rings. The maximum atomic E-state index is 5.56. The van der Waals surface area contributed by atoms with Crippen LogP contribution in [0.1, 0.15) is 51.3 Å². The Morgan fingerprint density at radius 2 is 1.95 bits per heavy atom. The molecule has 0 heterocycles. The third kappa shape index (κ3) is 4.72. The van der Waals surface area contributed by atoms with Crippen LogP contribution in [0, 0.1) is 6.92 Å². The maximum absolute atomic E-state index is 5.56. The van der Waals surface area contributed by atoms with Crippen molar-refractivity contribution in [3.05, 3.63) is 29.3 Å². The molecule has 1 N–H and O–H groups in total. The Morgan fingerprint density at radius 1 is 1.29 bits per heavy atom.